The van der Waals surface area contributed by atoms with E-state index in [4.69, 9.17) is 0 Å². The lowest BCUT2D eigenvalue weighted by Crippen LogP contribution is -2.34. The molecule has 0 spiro atoms. The second kappa shape index (κ2) is 8.32. The predicted octanol–water partition coefficient (Wildman–Crippen LogP) is 2.65. The Morgan fingerprint density at radius 1 is 1.07 bits per heavy atom. The first kappa shape index (κ1) is 19.6. The van der Waals surface area contributed by atoms with Crippen molar-refractivity contribution < 1.29 is 9.59 Å². The van der Waals surface area contributed by atoms with E-state index in [1.807, 2.05) is 49.4 Å². The van der Waals surface area contributed by atoms with Crippen LogP contribution in [-0.2, 0) is 24.2 Å². The molecule has 0 saturated carbocycles. The number of nitrogens with zero attached hydrogens (tertiary/aromatic N) is 3. The molecule has 0 radical (unpaired) electrons. The lowest BCUT2D eigenvalue weighted by Gasteiger charge is -2.17. The SMILES string of the molecule is CCc1cccc(NC(=O)Cn2nc(C(=O)N3CCc4ccccc43)ccc2=O)c1. The summed E-state index contributed by atoms with van der Waals surface area (Å²) in [6.45, 7) is 2.33. The Morgan fingerprint density at radius 3 is 2.73 bits per heavy atom. The summed E-state index contributed by atoms with van der Waals surface area (Å²) in [7, 11) is 0. The second-order valence-electron chi connectivity index (χ2n) is 7.15. The van der Waals surface area contributed by atoms with Crippen LogP contribution in [0.3, 0.4) is 0 Å². The molecule has 4 rings (SSSR count). The van der Waals surface area contributed by atoms with Crippen LogP contribution in [0.25, 0.3) is 0 Å². The Hall–Kier alpha value is -3.74. The summed E-state index contributed by atoms with van der Waals surface area (Å²) in [5.74, 6) is -0.668. The van der Waals surface area contributed by atoms with Crippen LogP contribution in [0, 0.1) is 0 Å². The zero-order valence-electron chi connectivity index (χ0n) is 16.7. The van der Waals surface area contributed by atoms with Gasteiger partial charge in [-0.05, 0) is 48.2 Å². The summed E-state index contributed by atoms with van der Waals surface area (Å²) in [5, 5.41) is 6.93. The molecule has 3 aromatic rings. The van der Waals surface area contributed by atoms with Gasteiger partial charge < -0.3 is 10.2 Å². The minimum Gasteiger partial charge on any atom is -0.324 e. The van der Waals surface area contributed by atoms with Gasteiger partial charge in [-0.1, -0.05) is 37.3 Å². The van der Waals surface area contributed by atoms with Crippen LogP contribution in [0.4, 0.5) is 11.4 Å². The molecule has 1 N–H and O–H groups in total. The van der Waals surface area contributed by atoms with Crippen LogP contribution in [-0.4, -0.2) is 28.1 Å². The summed E-state index contributed by atoms with van der Waals surface area (Å²) < 4.78 is 1.02. The average molecular weight is 402 g/mol. The van der Waals surface area contributed by atoms with Gasteiger partial charge in [0.15, 0.2) is 0 Å². The van der Waals surface area contributed by atoms with Gasteiger partial charge in [0.05, 0.1) is 0 Å². The quantitative estimate of drug-likeness (QED) is 0.711. The number of amides is 2. The summed E-state index contributed by atoms with van der Waals surface area (Å²) in [6, 6.07) is 17.9. The lowest BCUT2D eigenvalue weighted by atomic mass is 10.1. The largest absolute Gasteiger partial charge is 0.324 e. The molecule has 152 valence electrons. The van der Waals surface area contributed by atoms with E-state index < -0.39 is 5.56 Å². The number of fused-ring (bicyclic) bond motifs is 1. The molecule has 0 saturated heterocycles. The van der Waals surface area contributed by atoms with Crippen molar-refractivity contribution in [3.05, 3.63) is 87.8 Å². The van der Waals surface area contributed by atoms with Gasteiger partial charge in [-0.3, -0.25) is 14.4 Å². The van der Waals surface area contributed by atoms with Crippen LogP contribution in [0.15, 0.2) is 65.5 Å². The van der Waals surface area contributed by atoms with Crippen molar-refractivity contribution in [3.63, 3.8) is 0 Å². The molecule has 1 aliphatic heterocycles. The van der Waals surface area contributed by atoms with Gasteiger partial charge in [-0.25, -0.2) is 4.68 Å². The van der Waals surface area contributed by atoms with Crippen LogP contribution in [0.1, 0.15) is 28.5 Å². The van der Waals surface area contributed by atoms with E-state index in [2.05, 4.69) is 10.4 Å². The third-order valence-corrected chi connectivity index (χ3v) is 5.13. The number of para-hydroxylation sites is 1. The first-order valence-electron chi connectivity index (χ1n) is 9.92. The number of aromatic nitrogens is 2. The van der Waals surface area contributed by atoms with Gasteiger partial charge in [-0.2, -0.15) is 5.10 Å². The minimum absolute atomic E-state index is 0.132. The van der Waals surface area contributed by atoms with E-state index >= 15 is 0 Å². The molecular weight excluding hydrogens is 380 g/mol. The molecule has 30 heavy (non-hydrogen) atoms. The Balaban J connectivity index is 1.51. The van der Waals surface area contributed by atoms with Crippen molar-refractivity contribution in [1.29, 1.82) is 0 Å². The lowest BCUT2D eigenvalue weighted by molar-refractivity contribution is -0.117. The Bertz CT molecular complexity index is 1170. The molecule has 1 aromatic heterocycles. The molecule has 1 aliphatic rings. The van der Waals surface area contributed by atoms with E-state index in [1.54, 1.807) is 11.0 Å². The fourth-order valence-corrected chi connectivity index (χ4v) is 3.57. The standard InChI is InChI=1S/C23H22N4O3/c1-2-16-6-5-8-18(14-16)24-21(28)15-27-22(29)11-10-19(25-27)23(30)26-13-12-17-7-3-4-9-20(17)26/h3-11,14H,2,12-13,15H2,1H3,(H,24,28). The number of anilines is 2. The Labute approximate surface area is 174 Å². The van der Waals surface area contributed by atoms with E-state index in [-0.39, 0.29) is 24.1 Å². The first-order valence-corrected chi connectivity index (χ1v) is 9.92. The molecular formula is C23H22N4O3. The summed E-state index contributed by atoms with van der Waals surface area (Å²) in [4.78, 5) is 39.2. The zero-order chi connectivity index (χ0) is 21.1. The molecule has 0 unspecified atom stereocenters. The van der Waals surface area contributed by atoms with E-state index in [0.717, 1.165) is 34.3 Å². The summed E-state index contributed by atoms with van der Waals surface area (Å²) >= 11 is 0. The number of carbonyl (C=O) groups excluding carboxylic acids is 2. The maximum atomic E-state index is 13.0. The normalized spacial score (nSPS) is 12.5. The monoisotopic (exact) mass is 402 g/mol. The Kier molecular flexibility index (Phi) is 5.43. The molecule has 0 aliphatic carbocycles. The number of benzene rings is 2. The van der Waals surface area contributed by atoms with Gasteiger partial charge >= 0.3 is 0 Å². The van der Waals surface area contributed by atoms with Crippen molar-refractivity contribution in [2.24, 2.45) is 0 Å². The highest BCUT2D eigenvalue weighted by molar-refractivity contribution is 6.06. The van der Waals surface area contributed by atoms with Crippen molar-refractivity contribution >= 4 is 23.2 Å². The molecule has 2 amide bonds. The molecule has 7 nitrogen and oxygen atoms in total. The van der Waals surface area contributed by atoms with Gasteiger partial charge in [-0.15, -0.1) is 0 Å². The molecule has 0 atom stereocenters. The molecule has 0 fully saturated rings. The maximum absolute atomic E-state index is 13.0. The number of rotatable bonds is 5. The average Bonchev–Trinajstić information content (AvgIpc) is 3.19. The van der Waals surface area contributed by atoms with E-state index in [9.17, 15) is 14.4 Å². The first-order chi connectivity index (χ1) is 14.5. The van der Waals surface area contributed by atoms with E-state index in [0.29, 0.717) is 12.2 Å². The van der Waals surface area contributed by atoms with Crippen LogP contribution in [0.2, 0.25) is 0 Å². The third-order valence-electron chi connectivity index (χ3n) is 5.13. The van der Waals surface area contributed by atoms with Gasteiger partial charge in [0.2, 0.25) is 5.91 Å². The molecule has 2 aromatic carbocycles. The topological polar surface area (TPSA) is 84.3 Å². The highest BCUT2D eigenvalue weighted by Gasteiger charge is 2.26. The fraction of sp³-hybridized carbons (Fsp3) is 0.217. The van der Waals surface area contributed by atoms with Crippen LogP contribution < -0.4 is 15.8 Å². The van der Waals surface area contributed by atoms with Crippen molar-refractivity contribution in [2.75, 3.05) is 16.8 Å². The highest BCUT2D eigenvalue weighted by atomic mass is 16.2. The maximum Gasteiger partial charge on any atom is 0.278 e. The number of aryl methyl sites for hydroxylation is 1. The van der Waals surface area contributed by atoms with Gasteiger partial charge in [0.25, 0.3) is 11.5 Å². The van der Waals surface area contributed by atoms with Crippen LogP contribution in [0.5, 0.6) is 0 Å². The Morgan fingerprint density at radius 2 is 1.90 bits per heavy atom. The zero-order valence-corrected chi connectivity index (χ0v) is 16.7. The third kappa shape index (κ3) is 4.00. The predicted molar refractivity (Wildman–Crippen MR) is 115 cm³/mol. The van der Waals surface area contributed by atoms with Crippen molar-refractivity contribution in [3.8, 4) is 0 Å². The smallest absolute Gasteiger partial charge is 0.278 e. The van der Waals surface area contributed by atoms with Gasteiger partial charge in [0.1, 0.15) is 12.2 Å². The van der Waals surface area contributed by atoms with Crippen molar-refractivity contribution in [2.45, 2.75) is 26.3 Å². The molecule has 0 bridgehead atoms. The fourth-order valence-electron chi connectivity index (χ4n) is 3.57. The second-order valence-corrected chi connectivity index (χ2v) is 7.15. The number of carbonyl (C=O) groups is 2. The van der Waals surface area contributed by atoms with Crippen LogP contribution >= 0.6 is 0 Å². The number of hydrogen-bond acceptors (Lipinski definition) is 4. The van der Waals surface area contributed by atoms with Crippen molar-refractivity contribution in [1.82, 2.24) is 9.78 Å². The van der Waals surface area contributed by atoms with E-state index in [1.165, 1.54) is 12.1 Å². The van der Waals surface area contributed by atoms with Gasteiger partial charge in [0, 0.05) is 24.0 Å². The highest BCUT2D eigenvalue weighted by Crippen LogP contribution is 2.28. The summed E-state index contributed by atoms with van der Waals surface area (Å²) in [6.07, 6.45) is 1.63. The minimum atomic E-state index is -0.439. The number of nitrogens with one attached hydrogen (secondary N) is 1. The number of hydrogen-bond donors (Lipinski definition) is 1. The molecule has 2 heterocycles. The summed E-state index contributed by atoms with van der Waals surface area (Å²) in [5.41, 5.74) is 3.41. The molecule has 7 heteroatoms.